The molecule has 1 aliphatic rings. The first-order valence-electron chi connectivity index (χ1n) is 13.5. The maximum absolute atomic E-state index is 12.6. The molecular formula is C32H32N2O8. The average Bonchev–Trinajstić information content (AvgIpc) is 3.42. The lowest BCUT2D eigenvalue weighted by Gasteiger charge is -2.37. The summed E-state index contributed by atoms with van der Waals surface area (Å²) in [6.45, 7) is 1.04. The molecule has 1 aromatic heterocycles. The second-order valence-electron chi connectivity index (χ2n) is 10.0. The number of aryl methyl sites for hydroxylation is 1. The zero-order valence-electron chi connectivity index (χ0n) is 23.3. The smallest absolute Gasteiger partial charge is 0.330 e. The van der Waals surface area contributed by atoms with Crippen LogP contribution in [0.3, 0.4) is 0 Å². The Hall–Kier alpha value is -4.51. The number of aromatic amines is 1. The van der Waals surface area contributed by atoms with Gasteiger partial charge in [0.2, 0.25) is 0 Å². The molecule has 218 valence electrons. The zero-order valence-corrected chi connectivity index (χ0v) is 23.3. The minimum Gasteiger partial charge on any atom is -0.497 e. The van der Waals surface area contributed by atoms with Gasteiger partial charge in [-0.2, -0.15) is 0 Å². The van der Waals surface area contributed by atoms with Crippen molar-refractivity contribution in [2.24, 2.45) is 0 Å². The molecule has 2 N–H and O–H groups in total. The highest BCUT2D eigenvalue weighted by Crippen LogP contribution is 2.42. The van der Waals surface area contributed by atoms with Crippen LogP contribution in [0.2, 0.25) is 0 Å². The molecule has 3 aromatic carbocycles. The lowest BCUT2D eigenvalue weighted by atomic mass is 9.80. The highest BCUT2D eigenvalue weighted by atomic mass is 16.6. The van der Waals surface area contributed by atoms with Crippen molar-refractivity contribution in [3.63, 3.8) is 0 Å². The second-order valence-corrected chi connectivity index (χ2v) is 10.0. The highest BCUT2D eigenvalue weighted by molar-refractivity contribution is 5.68. The number of H-pyrrole nitrogens is 1. The third-order valence-corrected chi connectivity index (χ3v) is 7.38. The van der Waals surface area contributed by atoms with Crippen molar-refractivity contribution in [3.8, 4) is 5.75 Å². The van der Waals surface area contributed by atoms with Crippen LogP contribution in [0.1, 0.15) is 34.9 Å². The topological polar surface area (TPSA) is 129 Å². The summed E-state index contributed by atoms with van der Waals surface area (Å²) >= 11 is 0. The van der Waals surface area contributed by atoms with Crippen molar-refractivity contribution in [3.05, 3.63) is 134 Å². The quantitative estimate of drug-likeness (QED) is 0.261. The summed E-state index contributed by atoms with van der Waals surface area (Å²) in [5.41, 5.74) is 0.716. The fraction of sp³-hybridized carbons (Fsp3) is 0.281. The van der Waals surface area contributed by atoms with Crippen LogP contribution in [0.25, 0.3) is 0 Å². The Bertz CT molecular complexity index is 1580. The molecule has 3 atom stereocenters. The van der Waals surface area contributed by atoms with Crippen molar-refractivity contribution >= 4 is 5.97 Å². The third kappa shape index (κ3) is 5.91. The average molecular weight is 573 g/mol. The molecule has 1 aliphatic heterocycles. The van der Waals surface area contributed by atoms with Crippen LogP contribution in [0.5, 0.6) is 5.75 Å². The van der Waals surface area contributed by atoms with Crippen molar-refractivity contribution in [1.82, 2.24) is 9.55 Å². The van der Waals surface area contributed by atoms with Crippen molar-refractivity contribution in [2.45, 2.75) is 37.4 Å². The predicted molar refractivity (Wildman–Crippen MR) is 154 cm³/mol. The van der Waals surface area contributed by atoms with E-state index in [9.17, 15) is 19.5 Å². The number of nitrogens with one attached hydrogen (secondary N) is 1. The van der Waals surface area contributed by atoms with Crippen molar-refractivity contribution in [1.29, 1.82) is 0 Å². The van der Waals surface area contributed by atoms with Gasteiger partial charge in [0, 0.05) is 18.2 Å². The number of ether oxygens (including phenoxy) is 4. The molecule has 0 spiro atoms. The molecule has 10 heteroatoms. The van der Waals surface area contributed by atoms with Gasteiger partial charge in [-0.3, -0.25) is 14.3 Å². The van der Waals surface area contributed by atoms with Crippen LogP contribution < -0.4 is 16.0 Å². The molecule has 1 saturated heterocycles. The summed E-state index contributed by atoms with van der Waals surface area (Å²) < 4.78 is 25.6. The van der Waals surface area contributed by atoms with E-state index < -0.39 is 47.9 Å². The molecule has 3 unspecified atom stereocenters. The summed E-state index contributed by atoms with van der Waals surface area (Å²) in [5, 5.41) is 9.30. The number of carbonyl (C=O) groups is 1. The molecular weight excluding hydrogens is 540 g/mol. The lowest BCUT2D eigenvalue weighted by Crippen LogP contribution is -2.39. The monoisotopic (exact) mass is 572 g/mol. The maximum Gasteiger partial charge on any atom is 0.330 e. The molecule has 0 radical (unpaired) electrons. The van der Waals surface area contributed by atoms with E-state index in [1.54, 1.807) is 14.0 Å². The van der Waals surface area contributed by atoms with E-state index in [0.717, 1.165) is 16.7 Å². The molecule has 0 saturated carbocycles. The molecule has 1 fully saturated rings. The standard InChI is InChI=1S/C32H32N2O8/c1-21-18-34(31(38)33-30(21)37)28-17-26(40-20-29(35)36)27(42-28)19-41-32(22-9-5-3-6-10-22,23-11-7-4-8-12-23)24-13-15-25(39-2)16-14-24/h3-16,18,26-28H,17,19-20H2,1-2H3,(H,35,36)(H,33,37,38). The van der Waals surface area contributed by atoms with E-state index in [-0.39, 0.29) is 13.0 Å². The fourth-order valence-corrected chi connectivity index (χ4v) is 5.30. The molecule has 10 nitrogen and oxygen atoms in total. The molecule has 4 aromatic rings. The van der Waals surface area contributed by atoms with Crippen molar-refractivity contribution < 1.29 is 28.8 Å². The van der Waals surface area contributed by atoms with Crippen LogP contribution in [-0.4, -0.2) is 53.2 Å². The number of rotatable bonds is 11. The largest absolute Gasteiger partial charge is 0.497 e. The predicted octanol–water partition coefficient (Wildman–Crippen LogP) is 3.62. The molecule has 5 rings (SSSR count). The first-order valence-corrected chi connectivity index (χ1v) is 13.5. The van der Waals surface area contributed by atoms with Crippen LogP contribution in [0.4, 0.5) is 0 Å². The Kier molecular flexibility index (Phi) is 8.67. The number of benzene rings is 3. The van der Waals surface area contributed by atoms with E-state index in [1.807, 2.05) is 84.9 Å². The number of carboxylic acids is 1. The number of nitrogens with zero attached hydrogens (tertiary/aromatic N) is 1. The lowest BCUT2D eigenvalue weighted by molar-refractivity contribution is -0.148. The van der Waals surface area contributed by atoms with Gasteiger partial charge in [0.25, 0.3) is 5.56 Å². The number of carboxylic acid groups (broad SMARTS) is 1. The van der Waals surface area contributed by atoms with E-state index in [0.29, 0.717) is 11.3 Å². The van der Waals surface area contributed by atoms with Gasteiger partial charge in [0.1, 0.15) is 30.3 Å². The van der Waals surface area contributed by atoms with E-state index in [1.165, 1.54) is 10.8 Å². The van der Waals surface area contributed by atoms with Crippen LogP contribution in [-0.2, 0) is 24.6 Å². The molecule has 42 heavy (non-hydrogen) atoms. The summed E-state index contributed by atoms with van der Waals surface area (Å²) in [5.74, 6) is -0.434. The minimum atomic E-state index is -1.13. The number of hydrogen-bond acceptors (Lipinski definition) is 7. The van der Waals surface area contributed by atoms with Gasteiger partial charge in [-0.1, -0.05) is 72.8 Å². The van der Waals surface area contributed by atoms with E-state index in [4.69, 9.17) is 18.9 Å². The van der Waals surface area contributed by atoms with E-state index in [2.05, 4.69) is 4.98 Å². The first-order chi connectivity index (χ1) is 20.3. The van der Waals surface area contributed by atoms with Gasteiger partial charge in [0.05, 0.1) is 19.8 Å². The van der Waals surface area contributed by atoms with Crippen LogP contribution >= 0.6 is 0 Å². The molecule has 2 heterocycles. The summed E-state index contributed by atoms with van der Waals surface area (Å²) in [6, 6.07) is 27.1. The normalized spacial score (nSPS) is 18.6. The number of aromatic nitrogens is 2. The first kappa shape index (κ1) is 29.0. The fourth-order valence-electron chi connectivity index (χ4n) is 5.30. The van der Waals surface area contributed by atoms with Gasteiger partial charge in [0.15, 0.2) is 0 Å². The Morgan fingerprint density at radius 1 is 0.976 bits per heavy atom. The summed E-state index contributed by atoms with van der Waals surface area (Å²) in [7, 11) is 1.60. The molecule has 0 bridgehead atoms. The number of methoxy groups -OCH3 is 1. The summed E-state index contributed by atoms with van der Waals surface area (Å²) in [4.78, 5) is 38.2. The second kappa shape index (κ2) is 12.6. The Balaban J connectivity index is 1.55. The zero-order chi connectivity index (χ0) is 29.7. The van der Waals surface area contributed by atoms with Crippen molar-refractivity contribution in [2.75, 3.05) is 20.3 Å². The van der Waals surface area contributed by atoms with Gasteiger partial charge >= 0.3 is 11.7 Å². The number of hydrogen-bond donors (Lipinski definition) is 2. The molecule has 0 amide bonds. The van der Waals surface area contributed by atoms with Gasteiger partial charge < -0.3 is 24.1 Å². The van der Waals surface area contributed by atoms with Crippen LogP contribution in [0, 0.1) is 6.92 Å². The Morgan fingerprint density at radius 3 is 2.14 bits per heavy atom. The Morgan fingerprint density at radius 2 is 1.57 bits per heavy atom. The SMILES string of the molecule is COc1ccc(C(OCC2OC(n3cc(C)c(=O)[nH]c3=O)CC2OCC(=O)O)(c2ccccc2)c2ccccc2)cc1. The van der Waals surface area contributed by atoms with Gasteiger partial charge in [-0.25, -0.2) is 9.59 Å². The maximum atomic E-state index is 12.6. The highest BCUT2D eigenvalue weighted by Gasteiger charge is 2.43. The van der Waals surface area contributed by atoms with Gasteiger partial charge in [-0.05, 0) is 35.7 Å². The third-order valence-electron chi connectivity index (χ3n) is 7.38. The summed E-state index contributed by atoms with van der Waals surface area (Å²) in [6.07, 6.45) is -0.633. The van der Waals surface area contributed by atoms with Crippen LogP contribution in [0.15, 0.2) is 101 Å². The Labute approximate surface area is 242 Å². The van der Waals surface area contributed by atoms with E-state index >= 15 is 0 Å². The minimum absolute atomic E-state index is 0.00626. The van der Waals surface area contributed by atoms with Gasteiger partial charge in [-0.15, -0.1) is 0 Å². The number of aliphatic carboxylic acids is 1. The molecule has 0 aliphatic carbocycles.